The van der Waals surface area contributed by atoms with Gasteiger partial charge in [0.25, 0.3) is 0 Å². The van der Waals surface area contributed by atoms with Crippen LogP contribution in [-0.4, -0.2) is 43.1 Å². The van der Waals surface area contributed by atoms with Crippen molar-refractivity contribution in [1.82, 2.24) is 30.0 Å². The van der Waals surface area contributed by atoms with E-state index in [9.17, 15) is 4.39 Å². The summed E-state index contributed by atoms with van der Waals surface area (Å²) < 4.78 is 13.5. The van der Waals surface area contributed by atoms with Crippen LogP contribution in [0.5, 0.6) is 0 Å². The second-order valence-corrected chi connectivity index (χ2v) is 10.2. The fourth-order valence-electron chi connectivity index (χ4n) is 5.51. The number of H-pyrrole nitrogens is 2. The number of hydrogen-bond acceptors (Lipinski definition) is 5. The number of likely N-dealkylation sites (tertiary alicyclic amines) is 1. The van der Waals surface area contributed by atoms with Gasteiger partial charge in [-0.3, -0.25) is 10.1 Å². The van der Waals surface area contributed by atoms with Crippen LogP contribution in [0.4, 0.5) is 10.1 Å². The van der Waals surface area contributed by atoms with Crippen molar-refractivity contribution in [3.63, 3.8) is 0 Å². The number of pyridine rings is 2. The average molecular weight is 530 g/mol. The lowest BCUT2D eigenvalue weighted by molar-refractivity contribution is 0.289. The first kappa shape index (κ1) is 24.1. The zero-order valence-corrected chi connectivity index (χ0v) is 21.9. The Kier molecular flexibility index (Phi) is 6.00. The minimum Gasteiger partial charge on any atom is -0.359 e. The Hall–Kier alpha value is -4.98. The number of rotatable bonds is 6. The molecule has 0 radical (unpaired) electrons. The number of aromatic nitrogens is 5. The molecule has 5 heterocycles. The Balaban J connectivity index is 1.22. The minimum atomic E-state index is -0.249. The van der Waals surface area contributed by atoms with Crippen LogP contribution in [0.25, 0.3) is 55.6 Å². The molecule has 1 aliphatic rings. The van der Waals surface area contributed by atoms with Crippen molar-refractivity contribution >= 4 is 27.6 Å². The van der Waals surface area contributed by atoms with Gasteiger partial charge in [0.05, 0.1) is 29.1 Å². The molecule has 2 aromatic carbocycles. The number of nitrogens with one attached hydrogen (secondary N) is 3. The summed E-state index contributed by atoms with van der Waals surface area (Å²) in [6, 6.07) is 18.9. The lowest BCUT2D eigenvalue weighted by Gasteiger charge is -2.30. The molecule has 3 N–H and O–H groups in total. The average Bonchev–Trinajstić information content (AvgIpc) is 3.62. The summed E-state index contributed by atoms with van der Waals surface area (Å²) in [5.74, 6) is 0.657. The van der Waals surface area contributed by atoms with E-state index in [1.54, 1.807) is 12.1 Å². The maximum Gasteiger partial charge on any atom is 0.181 e. The summed E-state index contributed by atoms with van der Waals surface area (Å²) in [6.07, 6.45) is 9.15. The number of benzene rings is 2. The highest BCUT2D eigenvalue weighted by Gasteiger charge is 2.16. The number of fused-ring (bicyclic) bond motifs is 2. The molecule has 7 rings (SSSR count). The number of aromatic amines is 2. The van der Waals surface area contributed by atoms with Gasteiger partial charge in [-0.05, 0) is 66.8 Å². The normalized spacial score (nSPS) is 13.7. The number of piperidine rings is 1. The zero-order valence-electron chi connectivity index (χ0n) is 21.9. The number of hydrogen-bond donors (Lipinski definition) is 3. The molecule has 0 unspecified atom stereocenters. The van der Waals surface area contributed by atoms with Crippen LogP contribution in [0.3, 0.4) is 0 Å². The fourth-order valence-corrected chi connectivity index (χ4v) is 5.51. The highest BCUT2D eigenvalue weighted by molar-refractivity contribution is 6.01. The summed E-state index contributed by atoms with van der Waals surface area (Å²) >= 11 is 0. The molecule has 0 bridgehead atoms. The van der Waals surface area contributed by atoms with Gasteiger partial charge in [-0.15, -0.1) is 0 Å². The molecule has 1 saturated heterocycles. The summed E-state index contributed by atoms with van der Waals surface area (Å²) in [7, 11) is 0. The Bertz CT molecular complexity index is 1850. The molecule has 8 heteroatoms. The highest BCUT2D eigenvalue weighted by atomic mass is 19.1. The molecule has 1 fully saturated rings. The van der Waals surface area contributed by atoms with Crippen molar-refractivity contribution in [1.29, 1.82) is 0 Å². The van der Waals surface area contributed by atoms with E-state index in [1.165, 1.54) is 31.4 Å². The molecule has 198 valence electrons. The highest BCUT2D eigenvalue weighted by Crippen LogP contribution is 2.35. The Labute approximate surface area is 230 Å². The minimum absolute atomic E-state index is 0.249. The van der Waals surface area contributed by atoms with Crippen molar-refractivity contribution in [2.24, 2.45) is 0 Å². The third kappa shape index (κ3) is 4.47. The van der Waals surface area contributed by atoms with Crippen LogP contribution in [0.2, 0.25) is 0 Å². The van der Waals surface area contributed by atoms with Crippen LogP contribution in [0.15, 0.2) is 91.7 Å². The smallest absolute Gasteiger partial charge is 0.181 e. The molecule has 0 atom stereocenters. The van der Waals surface area contributed by atoms with Gasteiger partial charge in [-0.1, -0.05) is 30.8 Å². The van der Waals surface area contributed by atoms with Crippen molar-refractivity contribution in [3.05, 3.63) is 97.5 Å². The van der Waals surface area contributed by atoms with Gasteiger partial charge in [-0.2, -0.15) is 5.10 Å². The van der Waals surface area contributed by atoms with Crippen LogP contribution >= 0.6 is 0 Å². The number of halogens is 1. The second-order valence-electron chi connectivity index (χ2n) is 10.2. The van der Waals surface area contributed by atoms with Gasteiger partial charge < -0.3 is 15.2 Å². The quantitative estimate of drug-likeness (QED) is 0.210. The molecule has 0 amide bonds. The van der Waals surface area contributed by atoms with Crippen molar-refractivity contribution in [2.75, 3.05) is 18.4 Å². The van der Waals surface area contributed by atoms with E-state index in [0.717, 1.165) is 74.5 Å². The molecule has 0 aliphatic carbocycles. The fraction of sp³-hybridized carbons (Fsp3) is 0.156. The van der Waals surface area contributed by atoms with Gasteiger partial charge >= 0.3 is 0 Å². The lowest BCUT2D eigenvalue weighted by Crippen LogP contribution is -2.31. The zero-order chi connectivity index (χ0) is 27.1. The van der Waals surface area contributed by atoms with Gasteiger partial charge in [-0.25, -0.2) is 9.37 Å². The molecule has 6 aromatic rings. The SMILES string of the molecule is C=C(Nc1cncc(-c2cnc3n[nH]c(-c4cc5c(-c6ccc(F)cc6)cccc5[nH]4)c3c2)c1)N1CCCCC1. The van der Waals surface area contributed by atoms with Crippen molar-refractivity contribution < 1.29 is 4.39 Å². The molecular weight excluding hydrogens is 501 g/mol. The number of anilines is 1. The van der Waals surface area contributed by atoms with Gasteiger partial charge in [0.15, 0.2) is 5.65 Å². The molecule has 1 aliphatic heterocycles. The summed E-state index contributed by atoms with van der Waals surface area (Å²) in [6.45, 7) is 6.30. The van der Waals surface area contributed by atoms with Gasteiger partial charge in [0, 0.05) is 52.9 Å². The van der Waals surface area contributed by atoms with E-state index < -0.39 is 0 Å². The first-order valence-corrected chi connectivity index (χ1v) is 13.5. The first-order valence-electron chi connectivity index (χ1n) is 13.5. The second kappa shape index (κ2) is 9.96. The summed E-state index contributed by atoms with van der Waals surface area (Å²) in [5.41, 5.74) is 8.15. The maximum atomic E-state index is 13.5. The molecule has 7 nitrogen and oxygen atoms in total. The van der Waals surface area contributed by atoms with Crippen molar-refractivity contribution in [2.45, 2.75) is 19.3 Å². The first-order chi connectivity index (χ1) is 19.6. The third-order valence-corrected chi connectivity index (χ3v) is 7.60. The summed E-state index contributed by atoms with van der Waals surface area (Å²) in [4.78, 5) is 14.9. The Morgan fingerprint density at radius 2 is 1.70 bits per heavy atom. The van der Waals surface area contributed by atoms with Crippen LogP contribution in [0, 0.1) is 5.82 Å². The predicted octanol–water partition coefficient (Wildman–Crippen LogP) is 7.34. The largest absolute Gasteiger partial charge is 0.359 e. The van der Waals surface area contributed by atoms with E-state index in [1.807, 2.05) is 36.8 Å². The Morgan fingerprint density at radius 1 is 0.875 bits per heavy atom. The van der Waals surface area contributed by atoms with E-state index >= 15 is 0 Å². The van der Waals surface area contributed by atoms with Crippen molar-refractivity contribution in [3.8, 4) is 33.6 Å². The van der Waals surface area contributed by atoms with E-state index in [4.69, 9.17) is 0 Å². The van der Waals surface area contributed by atoms with E-state index in [0.29, 0.717) is 5.65 Å². The molecular formula is C32H28FN7. The predicted molar refractivity (Wildman–Crippen MR) is 158 cm³/mol. The monoisotopic (exact) mass is 529 g/mol. The van der Waals surface area contributed by atoms with Gasteiger partial charge in [0.2, 0.25) is 0 Å². The number of nitrogens with zero attached hydrogens (tertiary/aromatic N) is 4. The molecule has 0 saturated carbocycles. The van der Waals surface area contributed by atoms with E-state index in [2.05, 4.69) is 60.1 Å². The van der Waals surface area contributed by atoms with Crippen LogP contribution in [0.1, 0.15) is 19.3 Å². The van der Waals surface area contributed by atoms with Crippen LogP contribution in [-0.2, 0) is 0 Å². The van der Waals surface area contributed by atoms with Gasteiger partial charge in [0.1, 0.15) is 5.82 Å². The van der Waals surface area contributed by atoms with E-state index in [-0.39, 0.29) is 5.82 Å². The third-order valence-electron chi connectivity index (χ3n) is 7.60. The lowest BCUT2D eigenvalue weighted by atomic mass is 10.0. The molecule has 0 spiro atoms. The Morgan fingerprint density at radius 3 is 2.55 bits per heavy atom. The topological polar surface area (TPSA) is 85.5 Å². The van der Waals surface area contributed by atoms with Crippen LogP contribution < -0.4 is 5.32 Å². The molecule has 40 heavy (non-hydrogen) atoms. The maximum absolute atomic E-state index is 13.5. The molecule has 4 aromatic heterocycles. The standard InChI is InChI=1S/C32H28FN7/c1-20(40-12-3-2-4-13-40)36-25-14-22(17-34-19-25)23-15-28-31(38-39-32(28)35-18-23)30-16-27-26(6-5-7-29(27)37-30)21-8-10-24(33)11-9-21/h5-11,14-19,36-37H,1-4,12-13H2,(H,35,38,39). The summed E-state index contributed by atoms with van der Waals surface area (Å²) in [5, 5.41) is 13.0.